The van der Waals surface area contributed by atoms with Gasteiger partial charge in [-0.1, -0.05) is 35.3 Å². The predicted octanol–water partition coefficient (Wildman–Crippen LogP) is 4.41. The van der Waals surface area contributed by atoms with Crippen molar-refractivity contribution in [3.63, 3.8) is 0 Å². The molecular formula is C14H15Cl2NO. The topological polar surface area (TPSA) is 32.6 Å². The van der Waals surface area contributed by atoms with E-state index in [4.69, 9.17) is 23.2 Å². The Labute approximate surface area is 117 Å². The lowest BCUT2D eigenvalue weighted by Crippen LogP contribution is -2.06. The Morgan fingerprint density at radius 1 is 1.39 bits per heavy atom. The number of aliphatic hydroxyl groups excluding tert-OH is 1. The maximum Gasteiger partial charge on any atom is 0.0810 e. The third kappa shape index (κ3) is 3.58. The van der Waals surface area contributed by atoms with Crippen molar-refractivity contribution in [3.05, 3.63) is 46.1 Å². The average Bonchev–Trinajstić information content (AvgIpc) is 2.57. The van der Waals surface area contributed by atoms with Gasteiger partial charge in [-0.05, 0) is 42.9 Å². The SMILES string of the molecule is O[C@@H](CC1C=CN=CCC1)c1ccc(Cl)cc1Cl. The fraction of sp³-hybridized carbons (Fsp3) is 0.357. The molecule has 0 radical (unpaired) electrons. The maximum atomic E-state index is 10.2. The van der Waals surface area contributed by atoms with E-state index in [1.54, 1.807) is 24.4 Å². The van der Waals surface area contributed by atoms with Crippen LogP contribution in [0.25, 0.3) is 0 Å². The molecule has 1 N–H and O–H groups in total. The minimum Gasteiger partial charge on any atom is -0.388 e. The second kappa shape index (κ2) is 6.37. The van der Waals surface area contributed by atoms with Gasteiger partial charge in [-0.25, -0.2) is 0 Å². The summed E-state index contributed by atoms with van der Waals surface area (Å²) in [5.74, 6) is 0.328. The first-order valence-corrected chi connectivity index (χ1v) is 6.73. The highest BCUT2D eigenvalue weighted by molar-refractivity contribution is 6.35. The quantitative estimate of drug-likeness (QED) is 0.876. The lowest BCUT2D eigenvalue weighted by atomic mass is 9.93. The van der Waals surface area contributed by atoms with E-state index in [2.05, 4.69) is 4.99 Å². The highest BCUT2D eigenvalue weighted by Gasteiger charge is 2.17. The molecule has 0 saturated heterocycles. The summed E-state index contributed by atoms with van der Waals surface area (Å²) < 4.78 is 0. The lowest BCUT2D eigenvalue weighted by molar-refractivity contribution is 0.151. The van der Waals surface area contributed by atoms with Crippen molar-refractivity contribution in [2.45, 2.75) is 25.4 Å². The highest BCUT2D eigenvalue weighted by Crippen LogP contribution is 2.31. The zero-order chi connectivity index (χ0) is 13.0. The molecule has 0 aliphatic carbocycles. The molecule has 18 heavy (non-hydrogen) atoms. The molecule has 96 valence electrons. The van der Waals surface area contributed by atoms with Crippen LogP contribution in [0.1, 0.15) is 30.9 Å². The highest BCUT2D eigenvalue weighted by atomic mass is 35.5. The number of hydrogen-bond acceptors (Lipinski definition) is 2. The fourth-order valence-corrected chi connectivity index (χ4v) is 2.61. The van der Waals surface area contributed by atoms with Gasteiger partial charge >= 0.3 is 0 Å². The van der Waals surface area contributed by atoms with Crippen molar-refractivity contribution in [1.29, 1.82) is 0 Å². The van der Waals surface area contributed by atoms with E-state index < -0.39 is 6.10 Å². The fourth-order valence-electron chi connectivity index (χ4n) is 2.07. The summed E-state index contributed by atoms with van der Waals surface area (Å²) in [5, 5.41) is 11.3. The zero-order valence-electron chi connectivity index (χ0n) is 9.89. The number of halogens is 2. The standard InChI is InChI=1S/C14H15Cl2NO/c15-11-3-4-12(13(16)9-11)14(18)8-10-2-1-6-17-7-5-10/h3-7,9-10,14,18H,1-2,8H2/t10?,14-/m0/s1. The van der Waals surface area contributed by atoms with Crippen LogP contribution in [0.3, 0.4) is 0 Å². The van der Waals surface area contributed by atoms with Gasteiger partial charge in [-0.15, -0.1) is 0 Å². The first-order chi connectivity index (χ1) is 8.66. The molecule has 1 aromatic rings. The molecule has 0 aromatic heterocycles. The molecule has 0 spiro atoms. The largest absolute Gasteiger partial charge is 0.388 e. The Morgan fingerprint density at radius 2 is 2.22 bits per heavy atom. The molecule has 1 unspecified atom stereocenters. The van der Waals surface area contributed by atoms with Crippen molar-refractivity contribution < 1.29 is 5.11 Å². The Kier molecular flexibility index (Phi) is 4.81. The van der Waals surface area contributed by atoms with Gasteiger partial charge in [0.05, 0.1) is 6.10 Å². The van der Waals surface area contributed by atoms with Crippen LogP contribution in [0.2, 0.25) is 10.0 Å². The second-order valence-electron chi connectivity index (χ2n) is 4.43. The number of benzene rings is 1. The van der Waals surface area contributed by atoms with Gasteiger partial charge in [0.15, 0.2) is 0 Å². The van der Waals surface area contributed by atoms with Crippen LogP contribution >= 0.6 is 23.2 Å². The van der Waals surface area contributed by atoms with Gasteiger partial charge in [0.2, 0.25) is 0 Å². The van der Waals surface area contributed by atoms with Crippen LogP contribution in [0.5, 0.6) is 0 Å². The molecule has 0 saturated carbocycles. The second-order valence-corrected chi connectivity index (χ2v) is 5.27. The summed E-state index contributed by atoms with van der Waals surface area (Å²) in [6, 6.07) is 5.19. The minimum absolute atomic E-state index is 0.328. The molecule has 0 fully saturated rings. The Hall–Kier alpha value is -0.830. The number of hydrogen-bond donors (Lipinski definition) is 1. The number of nitrogens with zero attached hydrogens (tertiary/aromatic N) is 1. The molecule has 1 heterocycles. The number of aliphatic hydroxyl groups is 1. The summed E-state index contributed by atoms with van der Waals surface area (Å²) >= 11 is 11.9. The van der Waals surface area contributed by atoms with Gasteiger partial charge in [0, 0.05) is 22.5 Å². The minimum atomic E-state index is -0.567. The van der Waals surface area contributed by atoms with Gasteiger partial charge in [0.1, 0.15) is 0 Å². The average molecular weight is 284 g/mol. The van der Waals surface area contributed by atoms with E-state index in [0.717, 1.165) is 18.4 Å². The summed E-state index contributed by atoms with van der Waals surface area (Å²) in [5.41, 5.74) is 0.736. The van der Waals surface area contributed by atoms with E-state index >= 15 is 0 Å². The summed E-state index contributed by atoms with van der Waals surface area (Å²) in [4.78, 5) is 4.10. The van der Waals surface area contributed by atoms with Gasteiger partial charge in [0.25, 0.3) is 0 Å². The van der Waals surface area contributed by atoms with Gasteiger partial charge < -0.3 is 5.11 Å². The number of allylic oxidation sites excluding steroid dienone is 1. The predicted molar refractivity (Wildman–Crippen MR) is 76.4 cm³/mol. The Balaban J connectivity index is 2.04. The third-order valence-corrected chi connectivity index (χ3v) is 3.63. The molecule has 4 heteroatoms. The van der Waals surface area contributed by atoms with Crippen LogP contribution in [0.15, 0.2) is 35.5 Å². The summed E-state index contributed by atoms with van der Waals surface area (Å²) in [6.45, 7) is 0. The van der Waals surface area contributed by atoms with E-state index in [0.29, 0.717) is 22.4 Å². The van der Waals surface area contributed by atoms with Crippen molar-refractivity contribution >= 4 is 29.4 Å². The monoisotopic (exact) mass is 283 g/mol. The van der Waals surface area contributed by atoms with Crippen LogP contribution < -0.4 is 0 Å². The normalized spacial score (nSPS) is 20.7. The third-order valence-electron chi connectivity index (χ3n) is 3.06. The molecule has 1 aromatic carbocycles. The van der Waals surface area contributed by atoms with Crippen molar-refractivity contribution in [3.8, 4) is 0 Å². The van der Waals surface area contributed by atoms with E-state index in [9.17, 15) is 5.11 Å². The van der Waals surface area contributed by atoms with Crippen LogP contribution in [-0.2, 0) is 0 Å². The molecule has 2 nitrogen and oxygen atoms in total. The van der Waals surface area contributed by atoms with E-state index in [-0.39, 0.29) is 0 Å². The molecule has 1 aliphatic heterocycles. The maximum absolute atomic E-state index is 10.2. The van der Waals surface area contributed by atoms with Crippen molar-refractivity contribution in [1.82, 2.24) is 0 Å². The summed E-state index contributed by atoms with van der Waals surface area (Å²) in [6.07, 6.45) is 7.77. The first kappa shape index (κ1) is 13.6. The van der Waals surface area contributed by atoms with Crippen LogP contribution in [-0.4, -0.2) is 11.3 Å². The molecule has 1 aliphatic rings. The van der Waals surface area contributed by atoms with Gasteiger partial charge in [-0.3, -0.25) is 4.99 Å². The first-order valence-electron chi connectivity index (χ1n) is 5.98. The molecule has 0 bridgehead atoms. The lowest BCUT2D eigenvalue weighted by Gasteiger charge is -2.17. The Bertz CT molecular complexity index is 471. The Morgan fingerprint density at radius 3 is 3.00 bits per heavy atom. The van der Waals surface area contributed by atoms with E-state index in [1.807, 2.05) is 12.3 Å². The number of aliphatic imine (C=N–C) groups is 1. The summed E-state index contributed by atoms with van der Waals surface area (Å²) in [7, 11) is 0. The van der Waals surface area contributed by atoms with Crippen molar-refractivity contribution in [2.24, 2.45) is 10.9 Å². The molecule has 2 atom stereocenters. The van der Waals surface area contributed by atoms with Crippen LogP contribution in [0, 0.1) is 5.92 Å². The number of rotatable bonds is 3. The smallest absolute Gasteiger partial charge is 0.0810 e. The van der Waals surface area contributed by atoms with E-state index in [1.165, 1.54) is 0 Å². The molecular weight excluding hydrogens is 269 g/mol. The van der Waals surface area contributed by atoms with Crippen LogP contribution in [0.4, 0.5) is 0 Å². The molecule has 0 amide bonds. The zero-order valence-corrected chi connectivity index (χ0v) is 11.4. The van der Waals surface area contributed by atoms with Gasteiger partial charge in [-0.2, -0.15) is 0 Å². The molecule has 2 rings (SSSR count). The van der Waals surface area contributed by atoms with Crippen molar-refractivity contribution in [2.75, 3.05) is 0 Å².